The van der Waals surface area contributed by atoms with Crippen molar-refractivity contribution in [2.75, 3.05) is 20.3 Å². The first-order valence-electron chi connectivity index (χ1n) is 8.34. The second-order valence-corrected chi connectivity index (χ2v) is 8.27. The van der Waals surface area contributed by atoms with Gasteiger partial charge in [-0.15, -0.1) is 22.7 Å². The van der Waals surface area contributed by atoms with E-state index in [9.17, 15) is 0 Å². The Kier molecular flexibility index (Phi) is 6.53. The summed E-state index contributed by atoms with van der Waals surface area (Å²) in [5, 5.41) is 2.13. The molecule has 3 rings (SSSR count). The molecule has 0 N–H and O–H groups in total. The number of rotatable bonds is 7. The number of aromatic nitrogens is 1. The van der Waals surface area contributed by atoms with E-state index < -0.39 is 0 Å². The molecule has 0 saturated carbocycles. The summed E-state index contributed by atoms with van der Waals surface area (Å²) in [4.78, 5) is 6.90. The molecule has 3 aromatic rings. The Morgan fingerprint density at radius 2 is 1.96 bits per heavy atom. The van der Waals surface area contributed by atoms with Crippen LogP contribution in [0.25, 0.3) is 10.6 Å². The molecular weight excluding hydrogens is 388 g/mol. The third-order valence-electron chi connectivity index (χ3n) is 3.79. The Bertz CT molecular complexity index is 912. The van der Waals surface area contributed by atoms with Gasteiger partial charge in [-0.2, -0.15) is 0 Å². The van der Waals surface area contributed by atoms with Crippen molar-refractivity contribution in [1.29, 1.82) is 0 Å². The predicted octanol–water partition coefficient (Wildman–Crippen LogP) is 5.77. The lowest BCUT2D eigenvalue weighted by Gasteiger charge is -2.15. The normalized spacial score (nSPS) is 13.2. The van der Waals surface area contributed by atoms with Crippen LogP contribution in [0.1, 0.15) is 19.9 Å². The molecule has 0 aliphatic heterocycles. The minimum Gasteiger partial charge on any atom is -0.494 e. The SMILES string of the molecule is CCOc1ccc(N=c2scc(-c3ccc(Cl)s3)n2[C@H](C)COC)cc1. The third kappa shape index (κ3) is 4.38. The van der Waals surface area contributed by atoms with Crippen LogP contribution in [-0.2, 0) is 4.74 Å². The molecule has 0 fully saturated rings. The molecule has 2 aromatic heterocycles. The molecule has 138 valence electrons. The number of nitrogens with zero attached hydrogens (tertiary/aromatic N) is 2. The van der Waals surface area contributed by atoms with Crippen molar-refractivity contribution < 1.29 is 9.47 Å². The van der Waals surface area contributed by atoms with Gasteiger partial charge >= 0.3 is 0 Å². The Hall–Kier alpha value is -1.60. The van der Waals surface area contributed by atoms with Crippen LogP contribution in [0.2, 0.25) is 4.34 Å². The molecule has 0 amide bonds. The van der Waals surface area contributed by atoms with Crippen LogP contribution in [0.4, 0.5) is 5.69 Å². The monoisotopic (exact) mass is 408 g/mol. The fourth-order valence-corrected chi connectivity index (χ4v) is 4.81. The van der Waals surface area contributed by atoms with Gasteiger partial charge in [0.25, 0.3) is 0 Å². The van der Waals surface area contributed by atoms with Gasteiger partial charge in [-0.05, 0) is 50.2 Å². The predicted molar refractivity (Wildman–Crippen MR) is 110 cm³/mol. The average molecular weight is 409 g/mol. The molecule has 0 aliphatic carbocycles. The smallest absolute Gasteiger partial charge is 0.190 e. The fourth-order valence-electron chi connectivity index (χ4n) is 2.67. The van der Waals surface area contributed by atoms with Crippen LogP contribution >= 0.6 is 34.3 Å². The highest BCUT2D eigenvalue weighted by molar-refractivity contribution is 7.19. The maximum Gasteiger partial charge on any atom is 0.190 e. The molecule has 0 unspecified atom stereocenters. The maximum atomic E-state index is 6.13. The zero-order valence-corrected chi connectivity index (χ0v) is 17.3. The molecule has 0 saturated heterocycles. The molecule has 0 radical (unpaired) electrons. The summed E-state index contributed by atoms with van der Waals surface area (Å²) in [5.74, 6) is 0.854. The van der Waals surface area contributed by atoms with E-state index in [1.165, 1.54) is 0 Å². The number of halogens is 1. The van der Waals surface area contributed by atoms with Crippen LogP contribution < -0.4 is 9.54 Å². The minimum absolute atomic E-state index is 0.156. The number of thiophene rings is 1. The maximum absolute atomic E-state index is 6.13. The third-order valence-corrected chi connectivity index (χ3v) is 5.88. The summed E-state index contributed by atoms with van der Waals surface area (Å²) in [6.45, 7) is 5.37. The highest BCUT2D eigenvalue weighted by atomic mass is 35.5. The van der Waals surface area contributed by atoms with Gasteiger partial charge in [-0.3, -0.25) is 0 Å². The number of benzene rings is 1. The molecular formula is C19H21ClN2O2S2. The second-order valence-electron chi connectivity index (χ2n) is 5.72. The summed E-state index contributed by atoms with van der Waals surface area (Å²) >= 11 is 9.32. The van der Waals surface area contributed by atoms with Gasteiger partial charge < -0.3 is 14.0 Å². The zero-order chi connectivity index (χ0) is 18.5. The van der Waals surface area contributed by atoms with Gasteiger partial charge in [0.15, 0.2) is 4.80 Å². The Balaban J connectivity index is 2.04. The second kappa shape index (κ2) is 8.86. The molecule has 2 heterocycles. The molecule has 0 spiro atoms. The van der Waals surface area contributed by atoms with Gasteiger partial charge in [-0.1, -0.05) is 11.6 Å². The molecule has 4 nitrogen and oxygen atoms in total. The summed E-state index contributed by atoms with van der Waals surface area (Å²) in [7, 11) is 1.72. The number of methoxy groups -OCH3 is 1. The minimum atomic E-state index is 0.156. The lowest BCUT2D eigenvalue weighted by molar-refractivity contribution is 0.162. The largest absolute Gasteiger partial charge is 0.494 e. The lowest BCUT2D eigenvalue weighted by atomic mass is 10.3. The van der Waals surface area contributed by atoms with Crippen LogP contribution in [0.5, 0.6) is 5.75 Å². The standard InChI is InChI=1S/C19H21ClN2O2S2/c1-4-24-15-7-5-14(6-8-15)21-19-22(13(2)11-23-3)16(12-25-19)17-9-10-18(20)26-17/h5-10,12-13H,4,11H2,1-3H3/t13-/m1/s1. The van der Waals surface area contributed by atoms with E-state index in [1.54, 1.807) is 29.8 Å². The summed E-state index contributed by atoms with van der Waals surface area (Å²) in [5.41, 5.74) is 2.01. The molecule has 7 heteroatoms. The first-order valence-corrected chi connectivity index (χ1v) is 10.4. The van der Waals surface area contributed by atoms with Gasteiger partial charge in [0.05, 0.1) is 39.9 Å². The number of hydrogen-bond donors (Lipinski definition) is 0. The van der Waals surface area contributed by atoms with Gasteiger partial charge in [0.2, 0.25) is 0 Å². The number of hydrogen-bond acceptors (Lipinski definition) is 5. The summed E-state index contributed by atoms with van der Waals surface area (Å²) < 4.78 is 13.9. The molecule has 1 atom stereocenters. The molecule has 0 bridgehead atoms. The van der Waals surface area contributed by atoms with E-state index in [4.69, 9.17) is 26.1 Å². The van der Waals surface area contributed by atoms with E-state index >= 15 is 0 Å². The lowest BCUT2D eigenvalue weighted by Crippen LogP contribution is -2.22. The number of thiazole rings is 1. The van der Waals surface area contributed by atoms with Crippen molar-refractivity contribution in [3.63, 3.8) is 0 Å². The van der Waals surface area contributed by atoms with Crippen LogP contribution in [0, 0.1) is 0 Å². The highest BCUT2D eigenvalue weighted by Gasteiger charge is 2.15. The summed E-state index contributed by atoms with van der Waals surface area (Å²) in [6.07, 6.45) is 0. The van der Waals surface area contributed by atoms with Gasteiger partial charge in [-0.25, -0.2) is 4.99 Å². The zero-order valence-electron chi connectivity index (χ0n) is 14.9. The van der Waals surface area contributed by atoms with Crippen LogP contribution in [0.15, 0.2) is 46.8 Å². The quantitative estimate of drug-likeness (QED) is 0.497. The van der Waals surface area contributed by atoms with E-state index in [0.29, 0.717) is 13.2 Å². The van der Waals surface area contributed by atoms with Crippen molar-refractivity contribution in [3.8, 4) is 16.3 Å². The van der Waals surface area contributed by atoms with E-state index in [-0.39, 0.29) is 6.04 Å². The van der Waals surface area contributed by atoms with Crippen molar-refractivity contribution >= 4 is 40.0 Å². The Labute approximate surface area is 166 Å². The first kappa shape index (κ1) is 19.2. The van der Waals surface area contributed by atoms with Crippen molar-refractivity contribution in [1.82, 2.24) is 4.57 Å². The first-order chi connectivity index (χ1) is 12.6. The van der Waals surface area contributed by atoms with E-state index in [2.05, 4.69) is 16.9 Å². The molecule has 1 aromatic carbocycles. The number of ether oxygens (including phenoxy) is 2. The average Bonchev–Trinajstić information content (AvgIpc) is 3.23. The van der Waals surface area contributed by atoms with Crippen LogP contribution in [-0.4, -0.2) is 24.9 Å². The van der Waals surface area contributed by atoms with Gasteiger partial charge in [0.1, 0.15) is 5.75 Å². The van der Waals surface area contributed by atoms with Gasteiger partial charge in [0, 0.05) is 12.5 Å². The Morgan fingerprint density at radius 3 is 2.58 bits per heavy atom. The van der Waals surface area contributed by atoms with Crippen LogP contribution in [0.3, 0.4) is 0 Å². The van der Waals surface area contributed by atoms with Crippen molar-refractivity contribution in [2.24, 2.45) is 4.99 Å². The van der Waals surface area contributed by atoms with E-state index in [0.717, 1.165) is 31.1 Å². The topological polar surface area (TPSA) is 35.8 Å². The Morgan fingerprint density at radius 1 is 1.19 bits per heavy atom. The fraction of sp³-hybridized carbons (Fsp3) is 0.316. The highest BCUT2D eigenvalue weighted by Crippen LogP contribution is 2.32. The van der Waals surface area contributed by atoms with Crippen molar-refractivity contribution in [3.05, 3.63) is 50.9 Å². The molecule has 26 heavy (non-hydrogen) atoms. The van der Waals surface area contributed by atoms with E-state index in [1.807, 2.05) is 43.3 Å². The molecule has 0 aliphatic rings. The van der Waals surface area contributed by atoms with Crippen molar-refractivity contribution in [2.45, 2.75) is 19.9 Å². The summed E-state index contributed by atoms with van der Waals surface area (Å²) in [6, 6.07) is 12.0.